The number of halogens is 2. The molecule has 0 spiro atoms. The van der Waals surface area contributed by atoms with Gasteiger partial charge in [-0.05, 0) is 18.6 Å². The highest BCUT2D eigenvalue weighted by molar-refractivity contribution is 9.09. The first-order valence-electron chi connectivity index (χ1n) is 3.37. The number of alkyl halides is 1. The van der Waals surface area contributed by atoms with Gasteiger partial charge in [-0.15, -0.1) is 0 Å². The fourth-order valence-electron chi connectivity index (χ4n) is 0.728. The Balaban J connectivity index is 3.05. The summed E-state index contributed by atoms with van der Waals surface area (Å²) < 4.78 is 0. The summed E-state index contributed by atoms with van der Waals surface area (Å²) in [5.41, 5.74) is 1.28. The van der Waals surface area contributed by atoms with Crippen molar-refractivity contribution >= 4 is 33.3 Å². The number of aromatic nitrogens is 1. The van der Waals surface area contributed by atoms with Gasteiger partial charge in [0, 0.05) is 0 Å². The Bertz CT molecular complexity index is 314. The first kappa shape index (κ1) is 9.68. The van der Waals surface area contributed by atoms with Gasteiger partial charge in [-0.3, -0.25) is 4.79 Å². The van der Waals surface area contributed by atoms with E-state index in [-0.39, 0.29) is 11.1 Å². The van der Waals surface area contributed by atoms with E-state index in [4.69, 9.17) is 11.6 Å². The lowest BCUT2D eigenvalue weighted by Gasteiger charge is -1.99. The molecule has 0 aromatic carbocycles. The fourth-order valence-corrected chi connectivity index (χ4v) is 1.17. The van der Waals surface area contributed by atoms with Crippen molar-refractivity contribution in [1.82, 2.24) is 4.98 Å². The highest BCUT2D eigenvalue weighted by Gasteiger charge is 2.06. The number of aryl methyl sites for hydroxylation is 1. The van der Waals surface area contributed by atoms with Gasteiger partial charge in [0.05, 0.1) is 5.33 Å². The topological polar surface area (TPSA) is 30.0 Å². The molecule has 1 aromatic heterocycles. The van der Waals surface area contributed by atoms with Crippen LogP contribution in [0.5, 0.6) is 0 Å². The SMILES string of the molecule is Cc1ccc(C(=O)CBr)nc1Cl. The average Bonchev–Trinajstić information content (AvgIpc) is 2.08. The van der Waals surface area contributed by atoms with Crippen LogP contribution in [0.3, 0.4) is 0 Å². The monoisotopic (exact) mass is 247 g/mol. The second kappa shape index (κ2) is 4.01. The molecule has 0 unspecified atom stereocenters. The molecule has 0 aliphatic rings. The molecule has 1 rings (SSSR count). The van der Waals surface area contributed by atoms with Crippen LogP contribution in [0.4, 0.5) is 0 Å². The smallest absolute Gasteiger partial charge is 0.191 e. The number of ketones is 1. The zero-order valence-corrected chi connectivity index (χ0v) is 8.82. The number of rotatable bonds is 2. The van der Waals surface area contributed by atoms with E-state index in [2.05, 4.69) is 20.9 Å². The first-order valence-corrected chi connectivity index (χ1v) is 4.87. The summed E-state index contributed by atoms with van der Waals surface area (Å²) in [5.74, 6) is -0.0584. The van der Waals surface area contributed by atoms with Crippen LogP contribution in [0.15, 0.2) is 12.1 Å². The predicted molar refractivity (Wildman–Crippen MR) is 52.1 cm³/mol. The standard InChI is InChI=1S/C8H7BrClNO/c1-5-2-3-6(7(12)4-9)11-8(5)10/h2-3H,4H2,1H3. The van der Waals surface area contributed by atoms with E-state index < -0.39 is 0 Å². The Morgan fingerprint density at radius 3 is 2.83 bits per heavy atom. The lowest BCUT2D eigenvalue weighted by Crippen LogP contribution is -2.03. The number of hydrogen-bond acceptors (Lipinski definition) is 2. The Labute approximate surface area is 84.1 Å². The number of carbonyl (C=O) groups excluding carboxylic acids is 1. The van der Waals surface area contributed by atoms with Crippen molar-refractivity contribution in [3.8, 4) is 0 Å². The molecule has 2 nitrogen and oxygen atoms in total. The van der Waals surface area contributed by atoms with Crippen LogP contribution in [0.1, 0.15) is 16.1 Å². The maximum absolute atomic E-state index is 11.1. The van der Waals surface area contributed by atoms with Crippen molar-refractivity contribution in [2.45, 2.75) is 6.92 Å². The summed E-state index contributed by atoms with van der Waals surface area (Å²) in [6, 6.07) is 3.45. The molecular weight excluding hydrogens is 241 g/mol. The molecule has 1 heterocycles. The zero-order chi connectivity index (χ0) is 9.14. The highest BCUT2D eigenvalue weighted by Crippen LogP contribution is 2.12. The highest BCUT2D eigenvalue weighted by atomic mass is 79.9. The van der Waals surface area contributed by atoms with Crippen LogP contribution in [0, 0.1) is 6.92 Å². The largest absolute Gasteiger partial charge is 0.291 e. The van der Waals surface area contributed by atoms with Crippen LogP contribution in [0.25, 0.3) is 0 Å². The van der Waals surface area contributed by atoms with Crippen molar-refractivity contribution in [1.29, 1.82) is 0 Å². The minimum absolute atomic E-state index is 0.0584. The Morgan fingerprint density at radius 2 is 2.33 bits per heavy atom. The lowest BCUT2D eigenvalue weighted by atomic mass is 10.2. The molecule has 0 bridgehead atoms. The molecule has 0 amide bonds. The molecule has 0 radical (unpaired) electrons. The fraction of sp³-hybridized carbons (Fsp3) is 0.250. The Morgan fingerprint density at radius 1 is 1.67 bits per heavy atom. The quantitative estimate of drug-likeness (QED) is 0.457. The third-order valence-electron chi connectivity index (χ3n) is 1.44. The summed E-state index contributed by atoms with van der Waals surface area (Å²) in [5, 5.41) is 0.668. The van der Waals surface area contributed by atoms with E-state index in [1.165, 1.54) is 0 Å². The van der Waals surface area contributed by atoms with Crippen molar-refractivity contribution in [3.05, 3.63) is 28.5 Å². The van der Waals surface area contributed by atoms with Crippen LogP contribution in [0.2, 0.25) is 5.15 Å². The van der Waals surface area contributed by atoms with Crippen LogP contribution >= 0.6 is 27.5 Å². The minimum atomic E-state index is -0.0584. The number of hydrogen-bond donors (Lipinski definition) is 0. The van der Waals surface area contributed by atoms with Gasteiger partial charge in [0.1, 0.15) is 10.8 Å². The van der Waals surface area contributed by atoms with Gasteiger partial charge in [0.25, 0.3) is 0 Å². The normalized spacial score (nSPS) is 9.92. The third kappa shape index (κ3) is 2.05. The maximum Gasteiger partial charge on any atom is 0.191 e. The van der Waals surface area contributed by atoms with Crippen molar-refractivity contribution in [3.63, 3.8) is 0 Å². The zero-order valence-electron chi connectivity index (χ0n) is 6.47. The average molecular weight is 249 g/mol. The molecule has 0 aliphatic heterocycles. The van der Waals surface area contributed by atoms with Gasteiger partial charge in [0.2, 0.25) is 0 Å². The molecule has 1 aromatic rings. The molecular formula is C8H7BrClNO. The van der Waals surface area contributed by atoms with Gasteiger partial charge < -0.3 is 0 Å². The number of Topliss-reactive ketones (excluding diaryl/α,β-unsaturated/α-hetero) is 1. The predicted octanol–water partition coefficient (Wildman–Crippen LogP) is 2.62. The number of pyridine rings is 1. The Kier molecular flexibility index (Phi) is 3.23. The molecule has 0 saturated heterocycles. The number of carbonyl (C=O) groups is 1. The summed E-state index contributed by atoms with van der Waals surface area (Å²) >= 11 is 8.80. The van der Waals surface area contributed by atoms with E-state index in [1.54, 1.807) is 12.1 Å². The summed E-state index contributed by atoms with van der Waals surface area (Å²) in [6.45, 7) is 1.84. The summed E-state index contributed by atoms with van der Waals surface area (Å²) in [6.07, 6.45) is 0. The molecule has 4 heteroatoms. The molecule has 64 valence electrons. The molecule has 0 saturated carbocycles. The first-order chi connectivity index (χ1) is 5.65. The second-order valence-corrected chi connectivity index (χ2v) is 3.28. The van der Waals surface area contributed by atoms with Crippen LogP contribution < -0.4 is 0 Å². The molecule has 0 aliphatic carbocycles. The number of nitrogens with zero attached hydrogens (tertiary/aromatic N) is 1. The van der Waals surface area contributed by atoms with Gasteiger partial charge in [0.15, 0.2) is 5.78 Å². The van der Waals surface area contributed by atoms with E-state index >= 15 is 0 Å². The second-order valence-electron chi connectivity index (χ2n) is 2.36. The van der Waals surface area contributed by atoms with Crippen molar-refractivity contribution in [2.75, 3.05) is 5.33 Å². The van der Waals surface area contributed by atoms with Crippen molar-refractivity contribution < 1.29 is 4.79 Å². The van der Waals surface area contributed by atoms with Gasteiger partial charge in [-0.25, -0.2) is 4.98 Å². The van der Waals surface area contributed by atoms with Crippen molar-refractivity contribution in [2.24, 2.45) is 0 Å². The van der Waals surface area contributed by atoms with E-state index in [1.807, 2.05) is 6.92 Å². The van der Waals surface area contributed by atoms with Crippen LogP contribution in [-0.4, -0.2) is 16.1 Å². The maximum atomic E-state index is 11.1. The molecule has 0 fully saturated rings. The van der Waals surface area contributed by atoms with Crippen LogP contribution in [-0.2, 0) is 0 Å². The minimum Gasteiger partial charge on any atom is -0.291 e. The molecule has 0 atom stereocenters. The van der Waals surface area contributed by atoms with E-state index in [0.29, 0.717) is 10.8 Å². The summed E-state index contributed by atoms with van der Waals surface area (Å²) in [4.78, 5) is 15.0. The van der Waals surface area contributed by atoms with E-state index in [0.717, 1.165) is 5.56 Å². The van der Waals surface area contributed by atoms with Gasteiger partial charge in [-0.2, -0.15) is 0 Å². The van der Waals surface area contributed by atoms with Gasteiger partial charge >= 0.3 is 0 Å². The summed E-state index contributed by atoms with van der Waals surface area (Å²) in [7, 11) is 0. The molecule has 12 heavy (non-hydrogen) atoms. The van der Waals surface area contributed by atoms with Gasteiger partial charge in [-0.1, -0.05) is 33.6 Å². The lowest BCUT2D eigenvalue weighted by molar-refractivity contribution is 0.101. The molecule has 0 N–H and O–H groups in total. The Hall–Kier alpha value is -0.410. The van der Waals surface area contributed by atoms with E-state index in [9.17, 15) is 4.79 Å². The third-order valence-corrected chi connectivity index (χ3v) is 2.33.